The van der Waals surface area contributed by atoms with Crippen molar-refractivity contribution in [3.8, 4) is 0 Å². The summed E-state index contributed by atoms with van der Waals surface area (Å²) in [6.07, 6.45) is 2.19. The number of fused-ring (bicyclic) bond motifs is 3. The van der Waals surface area contributed by atoms with Crippen LogP contribution >= 0.6 is 0 Å². The number of rotatable bonds is 8. The fourth-order valence-corrected chi connectivity index (χ4v) is 3.37. The van der Waals surface area contributed by atoms with Gasteiger partial charge in [-0.15, -0.1) is 0 Å². The number of hydrogen-bond donors (Lipinski definition) is 1. The zero-order valence-corrected chi connectivity index (χ0v) is 17.3. The van der Waals surface area contributed by atoms with E-state index in [1.165, 1.54) is 13.4 Å². The highest BCUT2D eigenvalue weighted by Gasteiger charge is 2.27. The van der Waals surface area contributed by atoms with Gasteiger partial charge in [0.1, 0.15) is 11.6 Å². The van der Waals surface area contributed by atoms with Crippen molar-refractivity contribution in [2.24, 2.45) is 5.92 Å². The quantitative estimate of drug-likeness (QED) is 0.571. The molecule has 1 aromatic heterocycles. The van der Waals surface area contributed by atoms with Crippen LogP contribution < -0.4 is 5.32 Å². The number of amides is 1. The third kappa shape index (κ3) is 4.62. The predicted octanol–water partition coefficient (Wildman–Crippen LogP) is 3.38. The summed E-state index contributed by atoms with van der Waals surface area (Å²) in [6.45, 7) is 3.27. The monoisotopic (exact) mass is 411 g/mol. The van der Waals surface area contributed by atoms with Gasteiger partial charge in [-0.1, -0.05) is 50.6 Å². The van der Waals surface area contributed by atoms with Crippen molar-refractivity contribution in [1.29, 1.82) is 0 Å². The van der Waals surface area contributed by atoms with Gasteiger partial charge in [0.25, 0.3) is 5.91 Å². The molecule has 0 aliphatic carbocycles. The molecule has 3 rings (SSSR count). The van der Waals surface area contributed by atoms with E-state index in [1.54, 1.807) is 0 Å². The average Bonchev–Trinajstić information content (AvgIpc) is 3.18. The molecule has 1 heterocycles. The second-order valence-corrected chi connectivity index (χ2v) is 7.21. The van der Waals surface area contributed by atoms with Crippen LogP contribution in [-0.2, 0) is 30.3 Å². The second kappa shape index (κ2) is 9.43. The number of hydrogen-bond acceptors (Lipinski definition) is 6. The Balaban J connectivity index is 1.64. The summed E-state index contributed by atoms with van der Waals surface area (Å²) in [6, 6.07) is 10.9. The number of carbonyl (C=O) groups excluding carboxylic acids is 3. The van der Waals surface area contributed by atoms with Crippen molar-refractivity contribution in [1.82, 2.24) is 5.32 Å². The molecule has 0 fully saturated rings. The minimum Gasteiger partial charge on any atom is -0.467 e. The molecule has 0 aliphatic rings. The summed E-state index contributed by atoms with van der Waals surface area (Å²) in [5.41, 5.74) is 1.38. The van der Waals surface area contributed by atoms with Crippen LogP contribution in [0.5, 0.6) is 0 Å². The van der Waals surface area contributed by atoms with Crippen molar-refractivity contribution in [2.45, 2.75) is 32.7 Å². The van der Waals surface area contributed by atoms with Crippen LogP contribution in [0, 0.1) is 5.92 Å². The Kier molecular flexibility index (Phi) is 6.72. The maximum absolute atomic E-state index is 12.3. The summed E-state index contributed by atoms with van der Waals surface area (Å²) in [7, 11) is 1.27. The van der Waals surface area contributed by atoms with Crippen LogP contribution in [-0.4, -0.2) is 37.6 Å². The zero-order chi connectivity index (χ0) is 21.7. The van der Waals surface area contributed by atoms with E-state index in [0.717, 1.165) is 16.2 Å². The highest BCUT2D eigenvalue weighted by Crippen LogP contribution is 2.30. The van der Waals surface area contributed by atoms with Crippen LogP contribution in [0.1, 0.15) is 25.8 Å². The minimum absolute atomic E-state index is 0.0277. The molecule has 0 unspecified atom stereocenters. The maximum Gasteiger partial charge on any atom is 0.328 e. The molecule has 0 aliphatic heterocycles. The molecule has 0 spiro atoms. The molecule has 7 heteroatoms. The van der Waals surface area contributed by atoms with E-state index in [2.05, 4.69) is 5.32 Å². The molecule has 0 saturated carbocycles. The van der Waals surface area contributed by atoms with Crippen LogP contribution in [0.2, 0.25) is 0 Å². The summed E-state index contributed by atoms with van der Waals surface area (Å²) in [5, 5.41) is 5.46. The normalized spacial score (nSPS) is 13.0. The molecule has 7 nitrogen and oxygen atoms in total. The summed E-state index contributed by atoms with van der Waals surface area (Å²) >= 11 is 0. The first-order valence-electron chi connectivity index (χ1n) is 9.85. The van der Waals surface area contributed by atoms with Gasteiger partial charge in [0.15, 0.2) is 6.61 Å². The van der Waals surface area contributed by atoms with Crippen LogP contribution in [0.4, 0.5) is 0 Å². The number of nitrogens with one attached hydrogen (secondary N) is 1. The molecule has 1 amide bonds. The predicted molar refractivity (Wildman–Crippen MR) is 112 cm³/mol. The molecule has 158 valence electrons. The molecule has 0 bridgehead atoms. The topological polar surface area (TPSA) is 94.8 Å². The van der Waals surface area contributed by atoms with Crippen molar-refractivity contribution >= 4 is 39.6 Å². The smallest absolute Gasteiger partial charge is 0.328 e. The molecular formula is C23H25NO6. The van der Waals surface area contributed by atoms with Crippen LogP contribution in [0.25, 0.3) is 21.7 Å². The average molecular weight is 411 g/mol. The number of benzene rings is 2. The van der Waals surface area contributed by atoms with E-state index in [0.29, 0.717) is 17.6 Å². The first-order valence-corrected chi connectivity index (χ1v) is 9.85. The van der Waals surface area contributed by atoms with Crippen molar-refractivity contribution < 1.29 is 28.3 Å². The standard InChI is InChI=1S/C23H25NO6/c1-4-14(2)22(23(27)28-3)24-19(25)13-30-20(26)11-16-12-29-18-10-9-15-7-5-6-8-17(15)21(16)18/h5-10,12,14,22H,4,11,13H2,1-3H3,(H,24,25)/t14-,22+/m1/s1. The second-order valence-electron chi connectivity index (χ2n) is 7.21. The lowest BCUT2D eigenvalue weighted by molar-refractivity contribution is -0.150. The van der Waals surface area contributed by atoms with Gasteiger partial charge in [0.2, 0.25) is 0 Å². The van der Waals surface area contributed by atoms with E-state index in [-0.39, 0.29) is 12.3 Å². The van der Waals surface area contributed by atoms with E-state index in [4.69, 9.17) is 13.9 Å². The van der Waals surface area contributed by atoms with E-state index in [1.807, 2.05) is 50.2 Å². The third-order valence-corrected chi connectivity index (χ3v) is 5.22. The van der Waals surface area contributed by atoms with Crippen molar-refractivity contribution in [2.75, 3.05) is 13.7 Å². The molecule has 30 heavy (non-hydrogen) atoms. The molecule has 3 aromatic rings. The Morgan fingerprint density at radius 3 is 2.63 bits per heavy atom. The number of esters is 2. The lowest BCUT2D eigenvalue weighted by Gasteiger charge is -2.21. The third-order valence-electron chi connectivity index (χ3n) is 5.22. The Labute approximate surface area is 174 Å². The van der Waals surface area contributed by atoms with Gasteiger partial charge in [-0.3, -0.25) is 9.59 Å². The first kappa shape index (κ1) is 21.4. The largest absolute Gasteiger partial charge is 0.467 e. The first-order chi connectivity index (χ1) is 14.4. The van der Waals surface area contributed by atoms with Crippen molar-refractivity contribution in [3.05, 3.63) is 48.2 Å². The Morgan fingerprint density at radius 2 is 1.90 bits per heavy atom. The fourth-order valence-electron chi connectivity index (χ4n) is 3.37. The Hall–Kier alpha value is -3.35. The van der Waals surface area contributed by atoms with Gasteiger partial charge in [-0.25, -0.2) is 4.79 Å². The maximum atomic E-state index is 12.3. The van der Waals surface area contributed by atoms with E-state index in [9.17, 15) is 14.4 Å². The lowest BCUT2D eigenvalue weighted by Crippen LogP contribution is -2.47. The lowest BCUT2D eigenvalue weighted by atomic mass is 9.99. The summed E-state index contributed by atoms with van der Waals surface area (Å²) in [4.78, 5) is 36.4. The molecule has 2 aromatic carbocycles. The summed E-state index contributed by atoms with van der Waals surface area (Å²) in [5.74, 6) is -1.75. The van der Waals surface area contributed by atoms with Gasteiger partial charge in [0.05, 0.1) is 19.8 Å². The Morgan fingerprint density at radius 1 is 1.13 bits per heavy atom. The molecular weight excluding hydrogens is 386 g/mol. The molecule has 0 saturated heterocycles. The Bertz CT molecular complexity index is 1070. The van der Waals surface area contributed by atoms with E-state index < -0.39 is 30.5 Å². The molecule has 2 atom stereocenters. The highest BCUT2D eigenvalue weighted by atomic mass is 16.5. The number of ether oxygens (including phenoxy) is 2. The fraction of sp³-hybridized carbons (Fsp3) is 0.348. The summed E-state index contributed by atoms with van der Waals surface area (Å²) < 4.78 is 15.4. The number of methoxy groups -OCH3 is 1. The van der Waals surface area contributed by atoms with E-state index >= 15 is 0 Å². The van der Waals surface area contributed by atoms with Crippen LogP contribution in [0.3, 0.4) is 0 Å². The molecule has 0 radical (unpaired) electrons. The number of furan rings is 1. The van der Waals surface area contributed by atoms with Gasteiger partial charge in [-0.2, -0.15) is 0 Å². The number of carbonyl (C=O) groups is 3. The zero-order valence-electron chi connectivity index (χ0n) is 17.3. The SMILES string of the molecule is CC[C@@H](C)[C@H](NC(=O)COC(=O)Cc1coc2ccc3ccccc3c12)C(=O)OC. The minimum atomic E-state index is -0.782. The van der Waals surface area contributed by atoms with Gasteiger partial charge in [0, 0.05) is 10.9 Å². The highest BCUT2D eigenvalue weighted by molar-refractivity contribution is 6.08. The van der Waals surface area contributed by atoms with Crippen LogP contribution in [0.15, 0.2) is 47.1 Å². The molecule has 1 N–H and O–H groups in total. The van der Waals surface area contributed by atoms with Gasteiger partial charge >= 0.3 is 11.9 Å². The van der Waals surface area contributed by atoms with Gasteiger partial charge < -0.3 is 19.2 Å². The van der Waals surface area contributed by atoms with Crippen molar-refractivity contribution in [3.63, 3.8) is 0 Å². The van der Waals surface area contributed by atoms with Gasteiger partial charge in [-0.05, 0) is 22.8 Å².